The zero-order valence-electron chi connectivity index (χ0n) is 23.0. The molecule has 192 valence electrons. The molecule has 4 rings (SSSR count). The molecule has 0 heterocycles. The summed E-state index contributed by atoms with van der Waals surface area (Å²) in [5.74, 6) is 2.48. The van der Waals surface area contributed by atoms with Gasteiger partial charge in [-0.1, -0.05) is 48.5 Å². The molecular weight excluding hydrogens is 408 g/mol. The van der Waals surface area contributed by atoms with Gasteiger partial charge < -0.3 is 15.3 Å². The van der Waals surface area contributed by atoms with Gasteiger partial charge in [0.1, 0.15) is 0 Å². The van der Waals surface area contributed by atoms with Crippen molar-refractivity contribution in [2.75, 3.05) is 0 Å². The van der Waals surface area contributed by atoms with Gasteiger partial charge in [-0.05, 0) is 122 Å². The van der Waals surface area contributed by atoms with Crippen LogP contribution in [0.15, 0.2) is 0 Å². The van der Waals surface area contributed by atoms with Crippen molar-refractivity contribution in [3.63, 3.8) is 0 Å². The second-order valence-electron chi connectivity index (χ2n) is 14.9. The van der Waals surface area contributed by atoms with Crippen LogP contribution in [0.25, 0.3) is 0 Å². The molecule has 4 aliphatic carbocycles. The Bertz CT molecular complexity index is 728. The molecule has 0 saturated heterocycles. The normalized spacial score (nSPS) is 49.6. The van der Waals surface area contributed by atoms with Crippen LogP contribution in [0, 0.1) is 51.2 Å². The maximum Gasteiger partial charge on any atom is 0.0651 e. The Kier molecular flexibility index (Phi) is 6.45. The van der Waals surface area contributed by atoms with Crippen LogP contribution >= 0.6 is 0 Å². The van der Waals surface area contributed by atoms with E-state index < -0.39 is 5.60 Å². The van der Waals surface area contributed by atoms with Gasteiger partial charge in [0.15, 0.2) is 0 Å². The molecule has 1 unspecified atom stereocenters. The predicted octanol–water partition coefficient (Wildman–Crippen LogP) is 6.58. The highest BCUT2D eigenvalue weighted by atomic mass is 16.3. The fraction of sp³-hybridized carbons (Fsp3) is 1.00. The van der Waals surface area contributed by atoms with Crippen LogP contribution in [0.2, 0.25) is 0 Å². The zero-order valence-corrected chi connectivity index (χ0v) is 23.0. The Labute approximate surface area is 204 Å². The second-order valence-corrected chi connectivity index (χ2v) is 14.9. The lowest BCUT2D eigenvalue weighted by Crippen LogP contribution is -2.64. The summed E-state index contributed by atoms with van der Waals surface area (Å²) in [7, 11) is 0. The Balaban J connectivity index is 1.59. The first-order chi connectivity index (χ1) is 15.1. The Morgan fingerprint density at radius 2 is 1.48 bits per heavy atom. The summed E-state index contributed by atoms with van der Waals surface area (Å²) in [5, 5.41) is 32.9. The van der Waals surface area contributed by atoms with Gasteiger partial charge in [0.05, 0.1) is 17.8 Å². The lowest BCUT2D eigenvalue weighted by atomic mass is 9.35. The van der Waals surface area contributed by atoms with E-state index in [0.717, 1.165) is 19.3 Å². The third-order valence-electron chi connectivity index (χ3n) is 12.9. The second kappa shape index (κ2) is 8.20. The first-order valence-electron chi connectivity index (χ1n) is 14.2. The molecule has 0 radical (unpaired) electrons. The summed E-state index contributed by atoms with van der Waals surface area (Å²) in [6.45, 7) is 18.6. The summed E-state index contributed by atoms with van der Waals surface area (Å²) in [6, 6.07) is 0. The van der Waals surface area contributed by atoms with Crippen LogP contribution in [0.3, 0.4) is 0 Å². The molecule has 0 aromatic carbocycles. The van der Waals surface area contributed by atoms with E-state index in [1.54, 1.807) is 0 Å². The number of fused-ring (bicyclic) bond motifs is 5. The van der Waals surface area contributed by atoms with Crippen LogP contribution in [0.5, 0.6) is 0 Å². The maximum absolute atomic E-state index is 11.7. The van der Waals surface area contributed by atoms with E-state index >= 15 is 0 Å². The SMILES string of the molecule is CC(C)C(O)CC[C@](C)(O)[C@H]1CC[C@@]2(C)[C@H]1CC[C@H]1[C@@]3(C)CC[C@H](O)C(C)(C)[C@@H]3CC[C@@]12C. The molecular formula is C30H54O3. The minimum Gasteiger partial charge on any atom is -0.393 e. The van der Waals surface area contributed by atoms with Gasteiger partial charge >= 0.3 is 0 Å². The molecule has 3 heteroatoms. The van der Waals surface area contributed by atoms with Crippen molar-refractivity contribution in [3.05, 3.63) is 0 Å². The number of rotatable bonds is 5. The molecule has 0 aromatic heterocycles. The Morgan fingerprint density at radius 3 is 2.12 bits per heavy atom. The third kappa shape index (κ3) is 3.69. The van der Waals surface area contributed by atoms with Crippen LogP contribution in [0.4, 0.5) is 0 Å². The quantitative estimate of drug-likeness (QED) is 0.432. The average Bonchev–Trinajstić information content (AvgIpc) is 3.08. The van der Waals surface area contributed by atoms with Crippen molar-refractivity contribution >= 4 is 0 Å². The smallest absolute Gasteiger partial charge is 0.0651 e. The summed E-state index contributed by atoms with van der Waals surface area (Å²) >= 11 is 0. The first kappa shape index (κ1) is 26.0. The summed E-state index contributed by atoms with van der Waals surface area (Å²) in [4.78, 5) is 0. The summed E-state index contributed by atoms with van der Waals surface area (Å²) in [6.07, 6.45) is 10.4. The molecule has 0 aromatic rings. The summed E-state index contributed by atoms with van der Waals surface area (Å²) in [5.41, 5.74) is 0.202. The van der Waals surface area contributed by atoms with E-state index in [4.69, 9.17) is 0 Å². The highest BCUT2D eigenvalue weighted by Gasteiger charge is 2.69. The number of aliphatic hydroxyl groups excluding tert-OH is 2. The fourth-order valence-corrected chi connectivity index (χ4v) is 10.4. The minimum atomic E-state index is -0.695. The zero-order chi connectivity index (χ0) is 24.6. The predicted molar refractivity (Wildman–Crippen MR) is 136 cm³/mol. The molecule has 3 nitrogen and oxygen atoms in total. The summed E-state index contributed by atoms with van der Waals surface area (Å²) < 4.78 is 0. The van der Waals surface area contributed by atoms with E-state index in [2.05, 4.69) is 55.4 Å². The number of hydrogen-bond donors (Lipinski definition) is 3. The highest BCUT2D eigenvalue weighted by molar-refractivity contribution is 5.18. The van der Waals surface area contributed by atoms with Gasteiger partial charge in [-0.25, -0.2) is 0 Å². The first-order valence-corrected chi connectivity index (χ1v) is 14.2. The fourth-order valence-electron chi connectivity index (χ4n) is 10.4. The van der Waals surface area contributed by atoms with E-state index in [1.807, 2.05) is 0 Å². The van der Waals surface area contributed by atoms with Gasteiger partial charge in [0.25, 0.3) is 0 Å². The van der Waals surface area contributed by atoms with Crippen molar-refractivity contribution in [2.45, 2.75) is 137 Å². The average molecular weight is 463 g/mol. The standard InChI is InChI=1S/C30H54O3/c1-19(2)22(31)12-18-30(8,33)21-11-16-28(6)20(21)9-10-24-27(5)15-14-25(32)26(3,4)23(27)13-17-29(24,28)7/h19-25,31-33H,9-18H2,1-8H3/t20-,21-,22?,23-,24-,25-,27-,28-,29-,30-/m0/s1. The Morgan fingerprint density at radius 1 is 0.848 bits per heavy atom. The van der Waals surface area contributed by atoms with Crippen molar-refractivity contribution in [3.8, 4) is 0 Å². The van der Waals surface area contributed by atoms with Crippen molar-refractivity contribution in [1.29, 1.82) is 0 Å². The molecule has 0 amide bonds. The van der Waals surface area contributed by atoms with Gasteiger partial charge in [0, 0.05) is 0 Å². The van der Waals surface area contributed by atoms with Gasteiger partial charge in [0.2, 0.25) is 0 Å². The van der Waals surface area contributed by atoms with E-state index in [0.29, 0.717) is 47.3 Å². The van der Waals surface area contributed by atoms with Gasteiger partial charge in [-0.2, -0.15) is 0 Å². The topological polar surface area (TPSA) is 60.7 Å². The lowest BCUT2D eigenvalue weighted by Gasteiger charge is -2.70. The molecule has 0 bridgehead atoms. The molecule has 10 atom stereocenters. The van der Waals surface area contributed by atoms with Crippen LogP contribution < -0.4 is 0 Å². The largest absolute Gasteiger partial charge is 0.393 e. The van der Waals surface area contributed by atoms with Crippen molar-refractivity contribution < 1.29 is 15.3 Å². The molecule has 4 aliphatic rings. The van der Waals surface area contributed by atoms with Crippen LogP contribution in [-0.2, 0) is 0 Å². The van der Waals surface area contributed by atoms with Crippen LogP contribution in [0.1, 0.15) is 120 Å². The number of aliphatic hydroxyl groups is 3. The van der Waals surface area contributed by atoms with Crippen molar-refractivity contribution in [2.24, 2.45) is 51.2 Å². The molecule has 0 spiro atoms. The van der Waals surface area contributed by atoms with Gasteiger partial charge in [-0.15, -0.1) is 0 Å². The number of hydrogen-bond acceptors (Lipinski definition) is 3. The molecule has 33 heavy (non-hydrogen) atoms. The highest BCUT2D eigenvalue weighted by Crippen LogP contribution is 2.75. The van der Waals surface area contributed by atoms with Crippen molar-refractivity contribution in [1.82, 2.24) is 0 Å². The van der Waals surface area contributed by atoms with E-state index in [1.165, 1.54) is 32.1 Å². The Hall–Kier alpha value is -0.120. The van der Waals surface area contributed by atoms with E-state index in [-0.39, 0.29) is 29.0 Å². The molecule has 4 fully saturated rings. The lowest BCUT2D eigenvalue weighted by molar-refractivity contribution is -0.225. The minimum absolute atomic E-state index is 0.00517. The van der Waals surface area contributed by atoms with Crippen LogP contribution in [-0.4, -0.2) is 33.1 Å². The monoisotopic (exact) mass is 462 g/mol. The maximum atomic E-state index is 11.7. The molecule has 3 N–H and O–H groups in total. The molecule has 4 saturated carbocycles. The van der Waals surface area contributed by atoms with Gasteiger partial charge in [-0.3, -0.25) is 0 Å². The third-order valence-corrected chi connectivity index (χ3v) is 12.9. The molecule has 0 aliphatic heterocycles. The van der Waals surface area contributed by atoms with E-state index in [9.17, 15) is 15.3 Å².